The second kappa shape index (κ2) is 5.76. The number of ether oxygens (including phenoxy) is 1. The molecule has 4 heteroatoms. The molecule has 1 rings (SSSR count). The fraction of sp³-hybridized carbons (Fsp3) is 0.333. The van der Waals surface area contributed by atoms with Gasteiger partial charge in [-0.05, 0) is 24.1 Å². The van der Waals surface area contributed by atoms with Crippen LogP contribution in [0.15, 0.2) is 35.7 Å². The molecule has 0 spiro atoms. The monoisotopic (exact) mass is 219 g/mol. The summed E-state index contributed by atoms with van der Waals surface area (Å²) in [6, 6.07) is 7.64. The predicted octanol–water partition coefficient (Wildman–Crippen LogP) is 3.27. The number of aliphatic hydroxyl groups excluding tert-OH is 1. The molecule has 0 unspecified atom stereocenters. The van der Waals surface area contributed by atoms with Crippen molar-refractivity contribution in [2.75, 3.05) is 7.11 Å². The Bertz CT molecular complexity index is 433. The van der Waals surface area contributed by atoms with Crippen LogP contribution in [0.1, 0.15) is 18.9 Å². The zero-order valence-electron chi connectivity index (χ0n) is 9.47. The number of aryl methyl sites for hydroxylation is 1. The van der Waals surface area contributed by atoms with E-state index in [0.29, 0.717) is 12.8 Å². The molecule has 0 aromatic heterocycles. The Morgan fingerprint density at radius 3 is 2.88 bits per heavy atom. The predicted molar refractivity (Wildman–Crippen MR) is 61.7 cm³/mol. The third-order valence-electron chi connectivity index (χ3n) is 2.35. The van der Waals surface area contributed by atoms with Crippen molar-refractivity contribution in [1.29, 1.82) is 5.39 Å². The molecule has 16 heavy (non-hydrogen) atoms. The molecule has 1 aromatic rings. The third kappa shape index (κ3) is 3.28. The molecule has 0 atom stereocenters. The molecule has 0 saturated heterocycles. The van der Waals surface area contributed by atoms with E-state index in [2.05, 4.69) is 4.98 Å². The Hall–Kier alpha value is -2.02. The lowest BCUT2D eigenvalue weighted by molar-refractivity contribution is 0.382. The van der Waals surface area contributed by atoms with Crippen molar-refractivity contribution < 1.29 is 9.84 Å². The first-order valence-electron chi connectivity index (χ1n) is 5.04. The summed E-state index contributed by atoms with van der Waals surface area (Å²) in [6.45, 7) is 1.56. The first kappa shape index (κ1) is 12.1. The van der Waals surface area contributed by atoms with Crippen LogP contribution in [-0.4, -0.2) is 12.2 Å². The number of hydrogen-bond acceptors (Lipinski definition) is 3. The normalized spacial score (nSPS) is 11.6. The Balaban J connectivity index is 2.65. The third-order valence-corrected chi connectivity index (χ3v) is 2.35. The van der Waals surface area contributed by atoms with E-state index in [0.717, 1.165) is 11.3 Å². The highest BCUT2D eigenvalue weighted by atomic mass is 16.5. The average molecular weight is 219 g/mol. The van der Waals surface area contributed by atoms with E-state index in [1.807, 2.05) is 24.3 Å². The molecule has 0 fully saturated rings. The molecule has 0 saturated carbocycles. The highest BCUT2D eigenvalue weighted by molar-refractivity contribution is 5.29. The van der Waals surface area contributed by atoms with Gasteiger partial charge in [-0.1, -0.05) is 12.1 Å². The number of nitrogens with zero attached hydrogens (tertiary/aromatic N) is 2. The molecule has 0 amide bonds. The summed E-state index contributed by atoms with van der Waals surface area (Å²) in [4.78, 5) is 2.94. The molecule has 0 aliphatic heterocycles. The zero-order chi connectivity index (χ0) is 12.0. The van der Waals surface area contributed by atoms with Crippen molar-refractivity contribution in [3.8, 4) is 5.75 Å². The van der Waals surface area contributed by atoms with E-state index in [-0.39, 0.29) is 11.5 Å². The SMILES string of the molecule is COc1cccc(CC/C(O)=C(/C)[N+]#N)c1. The summed E-state index contributed by atoms with van der Waals surface area (Å²) < 4.78 is 5.10. The van der Waals surface area contributed by atoms with Gasteiger partial charge >= 0.3 is 5.70 Å². The quantitative estimate of drug-likeness (QED) is 0.624. The van der Waals surface area contributed by atoms with Crippen LogP contribution < -0.4 is 4.74 Å². The standard InChI is InChI=1S/C12H14N2O2/c1-9(14-13)12(15)7-6-10-4-3-5-11(8-10)16-2/h3-5,8H,6-7H2,1-2H3/p+1/b12-9+. The van der Waals surface area contributed by atoms with E-state index >= 15 is 0 Å². The maximum absolute atomic E-state index is 9.50. The van der Waals surface area contributed by atoms with E-state index in [9.17, 15) is 5.11 Å². The van der Waals surface area contributed by atoms with Gasteiger partial charge in [-0.25, -0.2) is 0 Å². The van der Waals surface area contributed by atoms with Crippen molar-refractivity contribution in [2.24, 2.45) is 0 Å². The van der Waals surface area contributed by atoms with Crippen LogP contribution in [0.25, 0.3) is 4.98 Å². The van der Waals surface area contributed by atoms with Crippen molar-refractivity contribution in [2.45, 2.75) is 19.8 Å². The van der Waals surface area contributed by atoms with E-state index in [1.54, 1.807) is 14.0 Å². The minimum atomic E-state index is 0.102. The van der Waals surface area contributed by atoms with Gasteiger partial charge in [0.25, 0.3) is 0 Å². The lowest BCUT2D eigenvalue weighted by atomic mass is 10.1. The largest absolute Gasteiger partial charge is 0.505 e. The molecule has 1 aromatic carbocycles. The van der Waals surface area contributed by atoms with Gasteiger partial charge in [-0.2, -0.15) is 0 Å². The fourth-order valence-electron chi connectivity index (χ4n) is 1.33. The van der Waals surface area contributed by atoms with Crippen LogP contribution in [0.4, 0.5) is 0 Å². The Morgan fingerprint density at radius 1 is 1.50 bits per heavy atom. The molecule has 0 heterocycles. The first-order chi connectivity index (χ1) is 7.67. The maximum atomic E-state index is 9.50. The molecule has 0 radical (unpaired) electrons. The maximum Gasteiger partial charge on any atom is 0.395 e. The Kier molecular flexibility index (Phi) is 4.34. The number of aliphatic hydroxyl groups is 1. The Labute approximate surface area is 94.8 Å². The van der Waals surface area contributed by atoms with E-state index in [1.165, 1.54) is 0 Å². The van der Waals surface area contributed by atoms with Crippen LogP contribution in [-0.2, 0) is 6.42 Å². The summed E-state index contributed by atoms with van der Waals surface area (Å²) in [5.74, 6) is 0.898. The van der Waals surface area contributed by atoms with E-state index < -0.39 is 0 Å². The van der Waals surface area contributed by atoms with Crippen molar-refractivity contribution in [3.63, 3.8) is 0 Å². The van der Waals surface area contributed by atoms with Crippen LogP contribution >= 0.6 is 0 Å². The smallest absolute Gasteiger partial charge is 0.395 e. The lowest BCUT2D eigenvalue weighted by Crippen LogP contribution is -1.91. The zero-order valence-corrected chi connectivity index (χ0v) is 9.47. The molecule has 1 N–H and O–H groups in total. The summed E-state index contributed by atoms with van der Waals surface area (Å²) in [6.07, 6.45) is 1.12. The van der Waals surface area contributed by atoms with Crippen LogP contribution in [0, 0.1) is 5.39 Å². The molecule has 0 bridgehead atoms. The highest BCUT2D eigenvalue weighted by Crippen LogP contribution is 2.16. The van der Waals surface area contributed by atoms with E-state index in [4.69, 9.17) is 10.1 Å². The molecule has 0 aliphatic rings. The van der Waals surface area contributed by atoms with Crippen molar-refractivity contribution in [3.05, 3.63) is 46.3 Å². The fourth-order valence-corrected chi connectivity index (χ4v) is 1.33. The number of diazo groups is 1. The van der Waals surface area contributed by atoms with Crippen LogP contribution in [0.2, 0.25) is 0 Å². The topological polar surface area (TPSA) is 57.6 Å². The molecule has 0 aliphatic carbocycles. The van der Waals surface area contributed by atoms with Crippen molar-refractivity contribution in [1.82, 2.24) is 0 Å². The number of benzene rings is 1. The van der Waals surface area contributed by atoms with Gasteiger partial charge in [0, 0.05) is 13.3 Å². The number of allylic oxidation sites excluding steroid dienone is 2. The first-order valence-corrected chi connectivity index (χ1v) is 5.04. The van der Waals surface area contributed by atoms with Crippen molar-refractivity contribution >= 4 is 0 Å². The Morgan fingerprint density at radius 2 is 2.25 bits per heavy atom. The number of hydrogen-bond donors (Lipinski definition) is 1. The second-order valence-corrected chi connectivity index (χ2v) is 3.48. The summed E-state index contributed by atoms with van der Waals surface area (Å²) in [5.41, 5.74) is 1.32. The summed E-state index contributed by atoms with van der Waals surface area (Å²) in [7, 11) is 1.62. The number of rotatable bonds is 4. The minimum absolute atomic E-state index is 0.102. The second-order valence-electron chi connectivity index (χ2n) is 3.48. The summed E-state index contributed by atoms with van der Waals surface area (Å²) in [5, 5.41) is 18.0. The molecular formula is C12H15N2O2+. The highest BCUT2D eigenvalue weighted by Gasteiger charge is 2.10. The van der Waals surface area contributed by atoms with Crippen LogP contribution in [0.3, 0.4) is 0 Å². The summed E-state index contributed by atoms with van der Waals surface area (Å²) >= 11 is 0. The van der Waals surface area contributed by atoms with Gasteiger partial charge < -0.3 is 9.84 Å². The van der Waals surface area contributed by atoms with Gasteiger partial charge in [0.1, 0.15) is 5.75 Å². The minimum Gasteiger partial charge on any atom is -0.505 e. The molecule has 84 valence electrons. The average Bonchev–Trinajstić information content (AvgIpc) is 2.35. The van der Waals surface area contributed by atoms with Gasteiger partial charge in [0.05, 0.1) is 7.11 Å². The van der Waals surface area contributed by atoms with Gasteiger partial charge in [0.15, 0.2) is 10.7 Å². The molecular weight excluding hydrogens is 204 g/mol. The van der Waals surface area contributed by atoms with Gasteiger partial charge in [0.2, 0.25) is 5.39 Å². The van der Waals surface area contributed by atoms with Gasteiger partial charge in [-0.15, -0.1) is 0 Å². The number of methoxy groups -OCH3 is 1. The lowest BCUT2D eigenvalue weighted by Gasteiger charge is -2.03. The van der Waals surface area contributed by atoms with Gasteiger partial charge in [-0.3, -0.25) is 0 Å². The molecule has 4 nitrogen and oxygen atoms in total. The van der Waals surface area contributed by atoms with Crippen LogP contribution in [0.5, 0.6) is 5.75 Å².